The molecule has 4 atom stereocenters. The predicted molar refractivity (Wildman–Crippen MR) is 87.2 cm³/mol. The first-order valence-corrected chi connectivity index (χ1v) is 8.75. The highest BCUT2D eigenvalue weighted by Crippen LogP contribution is 2.32. The van der Waals surface area contributed by atoms with Gasteiger partial charge in [0.15, 0.2) is 0 Å². The minimum atomic E-state index is 0.654. The number of hydrogen-bond donors (Lipinski definition) is 1. The molecule has 2 fully saturated rings. The minimum Gasteiger partial charge on any atom is -0.310 e. The largest absolute Gasteiger partial charge is 0.310 e. The van der Waals surface area contributed by atoms with Crippen molar-refractivity contribution in [3.63, 3.8) is 0 Å². The Hall–Kier alpha value is -0.120. The van der Waals surface area contributed by atoms with Crippen LogP contribution in [0.2, 0.25) is 0 Å². The normalized spacial score (nSPS) is 32.4. The average Bonchev–Trinajstić information content (AvgIpc) is 2.43. The molecule has 1 heterocycles. The smallest absolute Gasteiger partial charge is 0.0197 e. The van der Waals surface area contributed by atoms with Crippen LogP contribution in [-0.2, 0) is 0 Å². The topological polar surface area (TPSA) is 18.5 Å². The summed E-state index contributed by atoms with van der Waals surface area (Å²) in [7, 11) is 4.35. The lowest BCUT2D eigenvalue weighted by Crippen LogP contribution is -2.54. The molecule has 0 aromatic carbocycles. The molecule has 1 N–H and O–H groups in total. The molecule has 1 aliphatic carbocycles. The van der Waals surface area contributed by atoms with E-state index in [4.69, 9.17) is 0 Å². The second-order valence-corrected chi connectivity index (χ2v) is 7.29. The SMILES string of the molecule is CCN(CC1CCC2CCCCC2N1)C(C)CN(C)C. The summed E-state index contributed by atoms with van der Waals surface area (Å²) in [5, 5.41) is 3.97. The zero-order valence-electron chi connectivity index (χ0n) is 14.1. The molecule has 0 amide bonds. The summed E-state index contributed by atoms with van der Waals surface area (Å²) in [5.41, 5.74) is 0. The summed E-state index contributed by atoms with van der Waals surface area (Å²) in [5.74, 6) is 0.981. The Morgan fingerprint density at radius 1 is 1.10 bits per heavy atom. The average molecular weight is 281 g/mol. The summed E-state index contributed by atoms with van der Waals surface area (Å²) < 4.78 is 0. The number of likely N-dealkylation sites (N-methyl/N-ethyl adjacent to an activating group) is 2. The van der Waals surface area contributed by atoms with Gasteiger partial charge in [0, 0.05) is 31.2 Å². The van der Waals surface area contributed by atoms with E-state index in [2.05, 4.69) is 43.1 Å². The molecule has 0 spiro atoms. The van der Waals surface area contributed by atoms with Crippen LogP contribution in [0.1, 0.15) is 52.4 Å². The Labute approximate surface area is 126 Å². The van der Waals surface area contributed by atoms with E-state index < -0.39 is 0 Å². The van der Waals surface area contributed by atoms with Crippen LogP contribution < -0.4 is 5.32 Å². The summed E-state index contributed by atoms with van der Waals surface area (Å²) >= 11 is 0. The van der Waals surface area contributed by atoms with E-state index in [1.165, 1.54) is 51.6 Å². The molecular formula is C17H35N3. The van der Waals surface area contributed by atoms with Gasteiger partial charge in [-0.15, -0.1) is 0 Å². The van der Waals surface area contributed by atoms with E-state index in [1.54, 1.807) is 0 Å². The van der Waals surface area contributed by atoms with Crippen molar-refractivity contribution in [2.24, 2.45) is 5.92 Å². The van der Waals surface area contributed by atoms with Crippen molar-refractivity contribution in [1.82, 2.24) is 15.1 Å². The third-order valence-corrected chi connectivity index (χ3v) is 5.36. The van der Waals surface area contributed by atoms with E-state index >= 15 is 0 Å². The highest BCUT2D eigenvalue weighted by Gasteiger charge is 2.32. The molecule has 2 aliphatic rings. The van der Waals surface area contributed by atoms with E-state index in [-0.39, 0.29) is 0 Å². The number of hydrogen-bond acceptors (Lipinski definition) is 3. The second kappa shape index (κ2) is 7.77. The fourth-order valence-corrected chi connectivity index (χ4v) is 4.27. The maximum Gasteiger partial charge on any atom is 0.0197 e. The molecule has 2 rings (SSSR count). The minimum absolute atomic E-state index is 0.654. The Kier molecular flexibility index (Phi) is 6.31. The lowest BCUT2D eigenvalue weighted by atomic mass is 9.77. The highest BCUT2D eigenvalue weighted by molar-refractivity contribution is 4.90. The molecule has 3 heteroatoms. The molecular weight excluding hydrogens is 246 g/mol. The van der Waals surface area contributed by atoms with Gasteiger partial charge in [0.25, 0.3) is 0 Å². The van der Waals surface area contributed by atoms with Crippen molar-refractivity contribution < 1.29 is 0 Å². The number of piperidine rings is 1. The van der Waals surface area contributed by atoms with E-state index in [0.717, 1.165) is 24.5 Å². The van der Waals surface area contributed by atoms with Gasteiger partial charge in [-0.1, -0.05) is 19.8 Å². The van der Waals surface area contributed by atoms with Crippen LogP contribution in [0.15, 0.2) is 0 Å². The van der Waals surface area contributed by atoms with Gasteiger partial charge in [-0.2, -0.15) is 0 Å². The fraction of sp³-hybridized carbons (Fsp3) is 1.00. The summed E-state index contributed by atoms with van der Waals surface area (Å²) in [6.07, 6.45) is 8.64. The first-order chi connectivity index (χ1) is 9.60. The van der Waals surface area contributed by atoms with Crippen molar-refractivity contribution >= 4 is 0 Å². The fourth-order valence-electron chi connectivity index (χ4n) is 4.27. The zero-order chi connectivity index (χ0) is 14.5. The third-order valence-electron chi connectivity index (χ3n) is 5.36. The van der Waals surface area contributed by atoms with Crippen LogP contribution in [0.4, 0.5) is 0 Å². The van der Waals surface area contributed by atoms with Crippen LogP contribution >= 0.6 is 0 Å². The van der Waals surface area contributed by atoms with Gasteiger partial charge in [0.1, 0.15) is 0 Å². The molecule has 4 unspecified atom stereocenters. The van der Waals surface area contributed by atoms with Crippen LogP contribution in [0.3, 0.4) is 0 Å². The van der Waals surface area contributed by atoms with Crippen LogP contribution in [0, 0.1) is 5.92 Å². The zero-order valence-corrected chi connectivity index (χ0v) is 14.1. The van der Waals surface area contributed by atoms with E-state index in [1.807, 2.05) is 0 Å². The van der Waals surface area contributed by atoms with Gasteiger partial charge in [-0.05, 0) is 59.2 Å². The van der Waals surface area contributed by atoms with E-state index in [9.17, 15) is 0 Å². The van der Waals surface area contributed by atoms with Gasteiger partial charge < -0.3 is 10.2 Å². The standard InChI is InChI=1S/C17H35N3/c1-5-20(14(2)12-19(3)4)13-16-11-10-15-8-6-7-9-17(15)18-16/h14-18H,5-13H2,1-4H3. The monoisotopic (exact) mass is 281 g/mol. The van der Waals surface area contributed by atoms with Crippen molar-refractivity contribution in [3.8, 4) is 0 Å². The molecule has 0 bridgehead atoms. The van der Waals surface area contributed by atoms with Gasteiger partial charge in [0.05, 0.1) is 0 Å². The van der Waals surface area contributed by atoms with Gasteiger partial charge >= 0.3 is 0 Å². The van der Waals surface area contributed by atoms with Crippen LogP contribution in [0.5, 0.6) is 0 Å². The van der Waals surface area contributed by atoms with Crippen LogP contribution in [0.25, 0.3) is 0 Å². The maximum atomic E-state index is 3.97. The molecule has 0 aromatic rings. The number of rotatable bonds is 6. The number of nitrogens with one attached hydrogen (secondary N) is 1. The Bertz CT molecular complexity index is 279. The van der Waals surface area contributed by atoms with Gasteiger partial charge in [0.2, 0.25) is 0 Å². The lowest BCUT2D eigenvalue weighted by Gasteiger charge is -2.43. The highest BCUT2D eigenvalue weighted by atomic mass is 15.2. The first kappa shape index (κ1) is 16.3. The third kappa shape index (κ3) is 4.44. The van der Waals surface area contributed by atoms with Crippen LogP contribution in [-0.4, -0.2) is 61.7 Å². The first-order valence-electron chi connectivity index (χ1n) is 8.75. The maximum absolute atomic E-state index is 3.97. The molecule has 1 saturated carbocycles. The number of nitrogens with zero attached hydrogens (tertiary/aromatic N) is 2. The van der Waals surface area contributed by atoms with Crippen molar-refractivity contribution in [2.75, 3.05) is 33.7 Å². The summed E-state index contributed by atoms with van der Waals surface area (Å²) in [4.78, 5) is 4.96. The number of fused-ring (bicyclic) bond motifs is 1. The molecule has 118 valence electrons. The van der Waals surface area contributed by atoms with E-state index in [0.29, 0.717) is 6.04 Å². The van der Waals surface area contributed by atoms with Crippen molar-refractivity contribution in [2.45, 2.75) is 70.5 Å². The predicted octanol–water partition coefficient (Wildman–Crippen LogP) is 2.57. The molecule has 1 aliphatic heterocycles. The molecule has 3 nitrogen and oxygen atoms in total. The summed E-state index contributed by atoms with van der Waals surface area (Å²) in [6, 6.07) is 2.20. The summed E-state index contributed by atoms with van der Waals surface area (Å²) in [6.45, 7) is 8.23. The Morgan fingerprint density at radius 3 is 2.55 bits per heavy atom. The van der Waals surface area contributed by atoms with Crippen molar-refractivity contribution in [3.05, 3.63) is 0 Å². The van der Waals surface area contributed by atoms with Gasteiger partial charge in [-0.3, -0.25) is 4.90 Å². The lowest BCUT2D eigenvalue weighted by molar-refractivity contribution is 0.119. The van der Waals surface area contributed by atoms with Crippen molar-refractivity contribution in [1.29, 1.82) is 0 Å². The molecule has 1 saturated heterocycles. The second-order valence-electron chi connectivity index (χ2n) is 7.29. The molecule has 0 aromatic heterocycles. The Morgan fingerprint density at radius 2 is 1.85 bits per heavy atom. The quantitative estimate of drug-likeness (QED) is 0.807. The van der Waals surface area contributed by atoms with Gasteiger partial charge in [-0.25, -0.2) is 0 Å². The molecule has 0 radical (unpaired) electrons. The Balaban J connectivity index is 1.82. The molecule has 20 heavy (non-hydrogen) atoms.